The predicted octanol–water partition coefficient (Wildman–Crippen LogP) is 5.76. The lowest BCUT2D eigenvalue weighted by atomic mass is 9.85. The predicted molar refractivity (Wildman–Crippen MR) is 147 cm³/mol. The van der Waals surface area contributed by atoms with E-state index in [1.54, 1.807) is 48.7 Å². The van der Waals surface area contributed by atoms with Crippen LogP contribution in [0.25, 0.3) is 0 Å². The lowest BCUT2D eigenvalue weighted by Gasteiger charge is -2.18. The fourth-order valence-electron chi connectivity index (χ4n) is 4.79. The number of ether oxygens (including phenoxy) is 2. The van der Waals surface area contributed by atoms with Crippen LogP contribution in [0.4, 0.5) is 0 Å². The second kappa shape index (κ2) is 11.1. The van der Waals surface area contributed by atoms with Gasteiger partial charge in [0.05, 0.1) is 24.3 Å². The van der Waals surface area contributed by atoms with Crippen molar-refractivity contribution in [3.63, 3.8) is 0 Å². The van der Waals surface area contributed by atoms with Gasteiger partial charge in [-0.05, 0) is 60.4 Å². The van der Waals surface area contributed by atoms with Gasteiger partial charge in [-0.15, -0.1) is 0 Å². The van der Waals surface area contributed by atoms with E-state index in [0.717, 1.165) is 17.5 Å². The van der Waals surface area contributed by atoms with Crippen molar-refractivity contribution in [3.8, 4) is 11.5 Å². The summed E-state index contributed by atoms with van der Waals surface area (Å²) in [5.41, 5.74) is 5.75. The summed E-state index contributed by atoms with van der Waals surface area (Å²) in [6, 6.07) is 34.2. The van der Waals surface area contributed by atoms with Gasteiger partial charge in [0.2, 0.25) is 5.91 Å². The van der Waals surface area contributed by atoms with Gasteiger partial charge in [-0.25, -0.2) is 10.2 Å². The van der Waals surface area contributed by atoms with Gasteiger partial charge in [-0.1, -0.05) is 78.9 Å². The minimum absolute atomic E-state index is 0.132. The first-order valence-electron chi connectivity index (χ1n) is 12.6. The topological polar surface area (TPSA) is 77.0 Å². The lowest BCUT2D eigenvalue weighted by Crippen LogP contribution is -2.25. The number of esters is 1. The number of rotatable bonds is 9. The Morgan fingerprint density at radius 3 is 2.08 bits per heavy atom. The number of hydrogen-bond donors (Lipinski definition) is 1. The van der Waals surface area contributed by atoms with Crippen molar-refractivity contribution in [2.75, 3.05) is 6.61 Å². The minimum atomic E-state index is -0.468. The molecule has 1 aliphatic rings. The van der Waals surface area contributed by atoms with Crippen molar-refractivity contribution in [2.24, 2.45) is 11.0 Å². The van der Waals surface area contributed by atoms with Crippen LogP contribution in [0.3, 0.4) is 0 Å². The van der Waals surface area contributed by atoms with Crippen LogP contribution in [0.5, 0.6) is 11.5 Å². The standard InChI is InChI=1S/C32H28N2O4/c1-2-37-29-20-23(18-19-28(29)38-31(36)24-12-6-3-7-13-24)22-33-34-30(35)27-21-32(27,25-14-8-4-9-15-25)26-16-10-5-11-17-26/h3-20,22,27H,2,21H2,1H3,(H,34,35)/b33-22-/t27-/m0/s1. The largest absolute Gasteiger partial charge is 0.490 e. The van der Waals surface area contributed by atoms with Crippen molar-refractivity contribution in [1.82, 2.24) is 5.43 Å². The number of hydrazone groups is 1. The van der Waals surface area contributed by atoms with Crippen molar-refractivity contribution < 1.29 is 19.1 Å². The molecule has 1 atom stereocenters. The quantitative estimate of drug-likeness (QED) is 0.136. The third-order valence-corrected chi connectivity index (χ3v) is 6.72. The monoisotopic (exact) mass is 504 g/mol. The van der Waals surface area contributed by atoms with Gasteiger partial charge in [0, 0.05) is 5.41 Å². The van der Waals surface area contributed by atoms with E-state index < -0.39 is 5.97 Å². The van der Waals surface area contributed by atoms with E-state index in [1.807, 2.05) is 49.4 Å². The zero-order valence-electron chi connectivity index (χ0n) is 21.0. The summed E-state index contributed by atoms with van der Waals surface area (Å²) >= 11 is 0. The Hall–Kier alpha value is -4.71. The Morgan fingerprint density at radius 1 is 0.868 bits per heavy atom. The van der Waals surface area contributed by atoms with Crippen molar-refractivity contribution >= 4 is 18.1 Å². The third-order valence-electron chi connectivity index (χ3n) is 6.72. The van der Waals surface area contributed by atoms with E-state index in [4.69, 9.17) is 9.47 Å². The Labute approximate surface area is 221 Å². The molecule has 0 radical (unpaired) electrons. The smallest absolute Gasteiger partial charge is 0.343 e. The van der Waals surface area contributed by atoms with Gasteiger partial charge in [0.15, 0.2) is 11.5 Å². The first-order chi connectivity index (χ1) is 18.6. The van der Waals surface area contributed by atoms with Crippen LogP contribution in [-0.4, -0.2) is 24.7 Å². The molecule has 190 valence electrons. The van der Waals surface area contributed by atoms with Crippen LogP contribution in [0.15, 0.2) is 114 Å². The van der Waals surface area contributed by atoms with Crippen LogP contribution >= 0.6 is 0 Å². The summed E-state index contributed by atoms with van der Waals surface area (Å²) in [7, 11) is 0. The van der Waals surface area contributed by atoms with Gasteiger partial charge >= 0.3 is 5.97 Å². The highest BCUT2D eigenvalue weighted by Crippen LogP contribution is 2.58. The molecule has 1 aliphatic carbocycles. The minimum Gasteiger partial charge on any atom is -0.490 e. The molecular formula is C32H28N2O4. The van der Waals surface area contributed by atoms with Crippen LogP contribution < -0.4 is 14.9 Å². The molecule has 0 unspecified atom stereocenters. The molecule has 1 N–H and O–H groups in total. The SMILES string of the molecule is CCOc1cc(/C=N\NC(=O)[C@@H]2CC2(c2ccccc2)c2ccccc2)ccc1OC(=O)c1ccccc1. The Kier molecular flexibility index (Phi) is 7.31. The van der Waals surface area contributed by atoms with Crippen LogP contribution in [-0.2, 0) is 10.2 Å². The summed E-state index contributed by atoms with van der Waals surface area (Å²) in [6.07, 6.45) is 2.27. The fourth-order valence-corrected chi connectivity index (χ4v) is 4.79. The molecule has 6 heteroatoms. The molecule has 5 rings (SSSR count). The molecule has 6 nitrogen and oxygen atoms in total. The summed E-state index contributed by atoms with van der Waals surface area (Å²) in [5.74, 6) is -0.0858. The summed E-state index contributed by atoms with van der Waals surface area (Å²) in [5, 5.41) is 4.21. The lowest BCUT2D eigenvalue weighted by molar-refractivity contribution is -0.122. The molecule has 0 aliphatic heterocycles. The van der Waals surface area contributed by atoms with Crippen LogP contribution in [0.1, 0.15) is 40.4 Å². The summed E-state index contributed by atoms with van der Waals surface area (Å²) in [6.45, 7) is 2.25. The first kappa shape index (κ1) is 25.0. The number of nitrogens with zero attached hydrogens (tertiary/aromatic N) is 1. The van der Waals surface area contributed by atoms with E-state index in [0.29, 0.717) is 29.2 Å². The third kappa shape index (κ3) is 5.20. The van der Waals surface area contributed by atoms with E-state index in [-0.39, 0.29) is 17.2 Å². The number of amides is 1. The highest BCUT2D eigenvalue weighted by Gasteiger charge is 2.60. The van der Waals surface area contributed by atoms with Gasteiger partial charge in [0.1, 0.15) is 0 Å². The molecule has 0 heterocycles. The van der Waals surface area contributed by atoms with E-state index >= 15 is 0 Å². The molecule has 1 saturated carbocycles. The molecule has 1 fully saturated rings. The fraction of sp³-hybridized carbons (Fsp3) is 0.156. The Bertz CT molecular complexity index is 1400. The van der Waals surface area contributed by atoms with Gasteiger partial charge in [0.25, 0.3) is 0 Å². The second-order valence-corrected chi connectivity index (χ2v) is 9.09. The maximum Gasteiger partial charge on any atom is 0.343 e. The number of benzene rings is 4. The molecule has 0 spiro atoms. The summed E-state index contributed by atoms with van der Waals surface area (Å²) < 4.78 is 11.2. The van der Waals surface area contributed by atoms with Crippen molar-refractivity contribution in [1.29, 1.82) is 0 Å². The number of carbonyl (C=O) groups is 2. The average molecular weight is 505 g/mol. The number of carbonyl (C=O) groups excluding carboxylic acids is 2. The van der Waals surface area contributed by atoms with Gasteiger partial charge in [-0.3, -0.25) is 4.79 Å². The van der Waals surface area contributed by atoms with Crippen LogP contribution in [0.2, 0.25) is 0 Å². The normalized spacial score (nSPS) is 15.6. The molecule has 0 bridgehead atoms. The second-order valence-electron chi connectivity index (χ2n) is 9.09. The highest BCUT2D eigenvalue weighted by atomic mass is 16.6. The van der Waals surface area contributed by atoms with Crippen LogP contribution in [0, 0.1) is 5.92 Å². The molecule has 0 saturated heterocycles. The van der Waals surface area contributed by atoms with Gasteiger partial charge < -0.3 is 9.47 Å². The zero-order valence-corrected chi connectivity index (χ0v) is 21.0. The Balaban J connectivity index is 1.28. The summed E-state index contributed by atoms with van der Waals surface area (Å²) in [4.78, 5) is 25.6. The van der Waals surface area contributed by atoms with E-state index in [1.165, 1.54) is 0 Å². The van der Waals surface area contributed by atoms with E-state index in [9.17, 15) is 9.59 Å². The number of nitrogens with one attached hydrogen (secondary N) is 1. The molecule has 4 aromatic carbocycles. The molecule has 1 amide bonds. The average Bonchev–Trinajstić information content (AvgIpc) is 3.73. The molecule has 38 heavy (non-hydrogen) atoms. The molecule has 4 aromatic rings. The number of hydrogen-bond acceptors (Lipinski definition) is 5. The first-order valence-corrected chi connectivity index (χ1v) is 12.6. The van der Waals surface area contributed by atoms with Crippen molar-refractivity contribution in [2.45, 2.75) is 18.8 Å². The maximum atomic E-state index is 13.1. The molecular weight excluding hydrogens is 476 g/mol. The highest BCUT2D eigenvalue weighted by molar-refractivity contribution is 5.92. The van der Waals surface area contributed by atoms with Crippen molar-refractivity contribution in [3.05, 3.63) is 131 Å². The van der Waals surface area contributed by atoms with Gasteiger partial charge in [-0.2, -0.15) is 5.10 Å². The zero-order chi connectivity index (χ0) is 26.4. The van der Waals surface area contributed by atoms with E-state index in [2.05, 4.69) is 34.8 Å². The molecule has 0 aromatic heterocycles. The maximum absolute atomic E-state index is 13.1. The Morgan fingerprint density at radius 2 is 1.47 bits per heavy atom.